The van der Waals surface area contributed by atoms with Crippen LogP contribution in [0.5, 0.6) is 0 Å². The van der Waals surface area contributed by atoms with E-state index >= 15 is 0 Å². The monoisotopic (exact) mass is 512 g/mol. The molecule has 0 radical (unpaired) electrons. The van der Waals surface area contributed by atoms with E-state index < -0.39 is 0 Å². The minimum Gasteiger partial charge on any atom is -0.256 e. The highest BCUT2D eigenvalue weighted by molar-refractivity contribution is 14.1. The van der Waals surface area contributed by atoms with Crippen LogP contribution in [0.4, 0.5) is 0 Å². The van der Waals surface area contributed by atoms with Crippen LogP contribution < -0.4 is 0 Å². The highest BCUT2D eigenvalue weighted by Gasteiger charge is 2.12. The van der Waals surface area contributed by atoms with E-state index in [4.69, 9.17) is 0 Å². The summed E-state index contributed by atoms with van der Waals surface area (Å²) in [5.41, 5.74) is 6.64. The molecule has 2 nitrogen and oxygen atoms in total. The molecule has 4 heteroatoms. The van der Waals surface area contributed by atoms with Crippen molar-refractivity contribution >= 4 is 45.2 Å². The van der Waals surface area contributed by atoms with Crippen LogP contribution >= 0.6 is 45.2 Å². The molecule has 0 saturated heterocycles. The van der Waals surface area contributed by atoms with Crippen molar-refractivity contribution in [2.75, 3.05) is 0 Å². The van der Waals surface area contributed by atoms with Crippen molar-refractivity contribution < 1.29 is 0 Å². The van der Waals surface area contributed by atoms with Gasteiger partial charge in [-0.25, -0.2) is 0 Å². The molecule has 3 aromatic rings. The van der Waals surface area contributed by atoms with Gasteiger partial charge < -0.3 is 0 Å². The Bertz CT molecular complexity index is 743. The summed E-state index contributed by atoms with van der Waals surface area (Å²) in [6.07, 6.45) is 3.82. The second kappa shape index (κ2) is 6.62. The highest BCUT2D eigenvalue weighted by atomic mass is 127. The van der Waals surface area contributed by atoms with Crippen LogP contribution in [0.15, 0.2) is 48.8 Å². The third-order valence-corrected chi connectivity index (χ3v) is 5.22. The molecule has 110 valence electrons. The van der Waals surface area contributed by atoms with Crippen molar-refractivity contribution in [3.63, 3.8) is 0 Å². The fourth-order valence-corrected chi connectivity index (χ4v) is 4.28. The van der Waals surface area contributed by atoms with Gasteiger partial charge in [0.05, 0.1) is 11.4 Å². The first kappa shape index (κ1) is 15.9. The number of hydrogen-bond acceptors (Lipinski definition) is 2. The van der Waals surface area contributed by atoms with Gasteiger partial charge in [-0.15, -0.1) is 0 Å². The standard InChI is InChI=1S/C18H14I2N2/c1-11-3-5-17(21-9-11)13-7-14(16(20)8-15(13)19)18-6-4-12(2)10-22-18/h3-10H,1-2H3. The van der Waals surface area contributed by atoms with E-state index in [1.807, 2.05) is 12.4 Å². The Kier molecular flexibility index (Phi) is 4.77. The van der Waals surface area contributed by atoms with E-state index in [-0.39, 0.29) is 0 Å². The van der Waals surface area contributed by atoms with Gasteiger partial charge in [0.25, 0.3) is 0 Å². The third kappa shape index (κ3) is 3.32. The summed E-state index contributed by atoms with van der Waals surface area (Å²) in [5, 5.41) is 0. The summed E-state index contributed by atoms with van der Waals surface area (Å²) < 4.78 is 2.41. The molecule has 0 amide bonds. The normalized spacial score (nSPS) is 10.7. The molecule has 0 fully saturated rings. The SMILES string of the molecule is Cc1ccc(-c2cc(-c3ccc(C)cn3)c(I)cc2I)nc1. The van der Waals surface area contributed by atoms with Gasteiger partial charge in [-0.1, -0.05) is 12.1 Å². The van der Waals surface area contributed by atoms with E-state index in [1.54, 1.807) is 0 Å². The smallest absolute Gasteiger partial charge is 0.0713 e. The lowest BCUT2D eigenvalue weighted by atomic mass is 10.0. The minimum absolute atomic E-state index is 1.000. The van der Waals surface area contributed by atoms with Gasteiger partial charge in [-0.3, -0.25) is 9.97 Å². The lowest BCUT2D eigenvalue weighted by molar-refractivity contribution is 1.25. The number of benzene rings is 1. The average molecular weight is 512 g/mol. The zero-order valence-electron chi connectivity index (χ0n) is 12.3. The molecule has 0 unspecified atom stereocenters. The Balaban J connectivity index is 2.14. The van der Waals surface area contributed by atoms with Crippen molar-refractivity contribution in [3.8, 4) is 22.5 Å². The average Bonchev–Trinajstić information content (AvgIpc) is 2.50. The summed E-state index contributed by atoms with van der Waals surface area (Å²) in [7, 11) is 0. The molecule has 2 heterocycles. The van der Waals surface area contributed by atoms with E-state index in [2.05, 4.69) is 105 Å². The van der Waals surface area contributed by atoms with Crippen LogP contribution in [0.25, 0.3) is 22.5 Å². The van der Waals surface area contributed by atoms with Gasteiger partial charge in [-0.2, -0.15) is 0 Å². The number of nitrogens with zero attached hydrogens (tertiary/aromatic N) is 2. The van der Waals surface area contributed by atoms with E-state index in [0.717, 1.165) is 22.5 Å². The van der Waals surface area contributed by atoms with Crippen LogP contribution in [-0.2, 0) is 0 Å². The summed E-state index contributed by atoms with van der Waals surface area (Å²) >= 11 is 4.75. The quantitative estimate of drug-likeness (QED) is 0.416. The number of hydrogen-bond donors (Lipinski definition) is 0. The zero-order valence-corrected chi connectivity index (χ0v) is 16.6. The van der Waals surface area contributed by atoms with Gasteiger partial charge in [0.1, 0.15) is 0 Å². The summed E-state index contributed by atoms with van der Waals surface area (Å²) in [6, 6.07) is 12.7. The fraction of sp³-hybridized carbons (Fsp3) is 0.111. The third-order valence-electron chi connectivity index (χ3n) is 3.43. The molecule has 0 spiro atoms. The number of rotatable bonds is 2. The van der Waals surface area contributed by atoms with Gasteiger partial charge >= 0.3 is 0 Å². The zero-order chi connectivity index (χ0) is 15.7. The molecule has 0 aliphatic carbocycles. The summed E-state index contributed by atoms with van der Waals surface area (Å²) in [6.45, 7) is 4.11. The first-order chi connectivity index (χ1) is 10.5. The number of aryl methyl sites for hydroxylation is 2. The molecule has 0 saturated carbocycles. The van der Waals surface area contributed by atoms with E-state index in [1.165, 1.54) is 18.3 Å². The Hall–Kier alpha value is -1.02. The van der Waals surface area contributed by atoms with Crippen molar-refractivity contribution in [2.45, 2.75) is 13.8 Å². The molecule has 0 atom stereocenters. The number of aromatic nitrogens is 2. The lowest BCUT2D eigenvalue weighted by Crippen LogP contribution is -1.93. The van der Waals surface area contributed by atoms with E-state index in [9.17, 15) is 0 Å². The maximum atomic E-state index is 4.56. The van der Waals surface area contributed by atoms with Gasteiger partial charge in [-0.05, 0) is 94.4 Å². The van der Waals surface area contributed by atoms with Gasteiger partial charge in [0.15, 0.2) is 0 Å². The topological polar surface area (TPSA) is 25.8 Å². The first-order valence-electron chi connectivity index (χ1n) is 6.89. The molecule has 0 aliphatic rings. The molecule has 0 aliphatic heterocycles. The lowest BCUT2D eigenvalue weighted by Gasteiger charge is -2.10. The second-order valence-corrected chi connectivity index (χ2v) is 7.58. The Labute approximate surface area is 157 Å². The molecule has 0 N–H and O–H groups in total. The van der Waals surface area contributed by atoms with E-state index in [0.29, 0.717) is 0 Å². The van der Waals surface area contributed by atoms with Crippen LogP contribution in [0.3, 0.4) is 0 Å². The van der Waals surface area contributed by atoms with Crippen molar-refractivity contribution in [2.24, 2.45) is 0 Å². The number of halogens is 2. The van der Waals surface area contributed by atoms with Crippen molar-refractivity contribution in [3.05, 3.63) is 67.1 Å². The minimum atomic E-state index is 1.000. The highest BCUT2D eigenvalue weighted by Crippen LogP contribution is 2.32. The predicted molar refractivity (Wildman–Crippen MR) is 108 cm³/mol. The van der Waals surface area contributed by atoms with Crippen LogP contribution in [0.1, 0.15) is 11.1 Å². The molecule has 3 rings (SSSR count). The van der Waals surface area contributed by atoms with Gasteiger partial charge in [0.2, 0.25) is 0 Å². The largest absolute Gasteiger partial charge is 0.256 e. The van der Waals surface area contributed by atoms with Gasteiger partial charge in [0, 0.05) is 30.7 Å². The molecule has 0 bridgehead atoms. The maximum Gasteiger partial charge on any atom is 0.0713 e. The Morgan fingerprint density at radius 2 is 1.14 bits per heavy atom. The van der Waals surface area contributed by atoms with Crippen LogP contribution in [-0.4, -0.2) is 9.97 Å². The predicted octanol–water partition coefficient (Wildman–Crippen LogP) is 5.64. The van der Waals surface area contributed by atoms with Crippen molar-refractivity contribution in [1.29, 1.82) is 0 Å². The molecular weight excluding hydrogens is 498 g/mol. The molecular formula is C18H14I2N2. The Morgan fingerprint density at radius 3 is 1.50 bits per heavy atom. The number of pyridine rings is 2. The fourth-order valence-electron chi connectivity index (χ4n) is 2.20. The molecule has 2 aromatic heterocycles. The van der Waals surface area contributed by atoms with Crippen LogP contribution in [0.2, 0.25) is 0 Å². The first-order valence-corrected chi connectivity index (χ1v) is 9.05. The van der Waals surface area contributed by atoms with Crippen molar-refractivity contribution in [1.82, 2.24) is 9.97 Å². The summed E-state index contributed by atoms with van der Waals surface area (Å²) in [4.78, 5) is 9.12. The molecule has 1 aromatic carbocycles. The maximum absolute atomic E-state index is 4.56. The van der Waals surface area contributed by atoms with Crippen LogP contribution in [0, 0.1) is 21.0 Å². The second-order valence-electron chi connectivity index (χ2n) is 5.25. The molecule has 22 heavy (non-hydrogen) atoms. The summed E-state index contributed by atoms with van der Waals surface area (Å²) in [5.74, 6) is 0. The Morgan fingerprint density at radius 1 is 0.682 bits per heavy atom.